The molecule has 4 aromatic rings. The van der Waals surface area contributed by atoms with Gasteiger partial charge in [0.1, 0.15) is 11.3 Å². The van der Waals surface area contributed by atoms with Crippen molar-refractivity contribution in [2.45, 2.75) is 12.4 Å². The van der Waals surface area contributed by atoms with Crippen LogP contribution in [0.5, 0.6) is 5.75 Å². The molecule has 0 aliphatic heterocycles. The number of hydrogen-bond donors (Lipinski definition) is 1. The van der Waals surface area contributed by atoms with Crippen molar-refractivity contribution in [2.24, 2.45) is 0 Å². The highest BCUT2D eigenvalue weighted by Crippen LogP contribution is 2.36. The van der Waals surface area contributed by atoms with Gasteiger partial charge in [-0.25, -0.2) is 4.98 Å². The van der Waals surface area contributed by atoms with E-state index in [1.165, 1.54) is 25.3 Å². The van der Waals surface area contributed by atoms with Crippen molar-refractivity contribution < 1.29 is 40.3 Å². The molecule has 1 heterocycles. The molecule has 1 aromatic heterocycles. The lowest BCUT2D eigenvalue weighted by Gasteiger charge is -2.14. The molecule has 0 unspecified atom stereocenters. The van der Waals surface area contributed by atoms with Crippen molar-refractivity contribution in [2.75, 3.05) is 12.4 Å². The normalized spacial score (nSPS) is 12.1. The van der Waals surface area contributed by atoms with Gasteiger partial charge in [0, 0.05) is 22.9 Å². The maximum Gasteiger partial charge on any atom is 0.416 e. The van der Waals surface area contributed by atoms with Crippen LogP contribution in [0.3, 0.4) is 0 Å². The molecule has 1 amide bonds. The number of oxazole rings is 1. The smallest absolute Gasteiger partial charge is 0.416 e. The Bertz CT molecular complexity index is 1340. The summed E-state index contributed by atoms with van der Waals surface area (Å²) in [6.45, 7) is 0. The lowest BCUT2D eigenvalue weighted by molar-refractivity contribution is -0.143. The van der Waals surface area contributed by atoms with Gasteiger partial charge in [-0.1, -0.05) is 6.07 Å². The third-order valence-electron chi connectivity index (χ3n) is 4.81. The van der Waals surface area contributed by atoms with Gasteiger partial charge >= 0.3 is 12.4 Å². The molecule has 1 N–H and O–H groups in total. The average Bonchev–Trinajstić information content (AvgIpc) is 3.21. The molecule has 0 radical (unpaired) electrons. The van der Waals surface area contributed by atoms with Crippen molar-refractivity contribution in [3.05, 3.63) is 77.4 Å². The van der Waals surface area contributed by atoms with Crippen molar-refractivity contribution in [3.63, 3.8) is 0 Å². The summed E-state index contributed by atoms with van der Waals surface area (Å²) in [7, 11) is 1.50. The van der Waals surface area contributed by atoms with Crippen LogP contribution in [-0.2, 0) is 12.4 Å². The molecule has 0 spiro atoms. The Labute approximate surface area is 188 Å². The number of rotatable bonds is 4. The SMILES string of the molecule is COc1cccc(-c2nc3ccc(NC(=O)c4cc(C(F)(F)F)cc(C(F)(F)F)c4)cc3o2)c1. The number of ether oxygens (including phenoxy) is 1. The fraction of sp³-hybridized carbons (Fsp3) is 0.130. The van der Waals surface area contributed by atoms with E-state index >= 15 is 0 Å². The zero-order valence-electron chi connectivity index (χ0n) is 17.2. The molecule has 11 heteroatoms. The maximum absolute atomic E-state index is 13.1. The number of methoxy groups -OCH3 is 1. The molecule has 0 bridgehead atoms. The van der Waals surface area contributed by atoms with Crippen molar-refractivity contribution >= 4 is 22.7 Å². The van der Waals surface area contributed by atoms with E-state index in [2.05, 4.69) is 10.3 Å². The third kappa shape index (κ3) is 4.82. The number of carbonyl (C=O) groups excluding carboxylic acids is 1. The fourth-order valence-corrected chi connectivity index (χ4v) is 3.17. The molecule has 0 atom stereocenters. The zero-order valence-corrected chi connectivity index (χ0v) is 17.2. The minimum atomic E-state index is -5.06. The summed E-state index contributed by atoms with van der Waals surface area (Å²) in [6, 6.07) is 11.8. The van der Waals surface area contributed by atoms with E-state index in [1.54, 1.807) is 24.3 Å². The van der Waals surface area contributed by atoms with Gasteiger partial charge < -0.3 is 14.5 Å². The lowest BCUT2D eigenvalue weighted by Crippen LogP contribution is -2.17. The molecule has 34 heavy (non-hydrogen) atoms. The van der Waals surface area contributed by atoms with Gasteiger partial charge in [-0.3, -0.25) is 4.79 Å². The molecule has 0 saturated carbocycles. The predicted octanol–water partition coefficient (Wildman–Crippen LogP) is 6.79. The summed E-state index contributed by atoms with van der Waals surface area (Å²) >= 11 is 0. The van der Waals surface area contributed by atoms with Crippen LogP contribution in [0.4, 0.5) is 32.0 Å². The molecule has 3 aromatic carbocycles. The Morgan fingerprint density at radius 1 is 0.912 bits per heavy atom. The zero-order chi connectivity index (χ0) is 24.7. The van der Waals surface area contributed by atoms with E-state index in [9.17, 15) is 31.1 Å². The van der Waals surface area contributed by atoms with Crippen molar-refractivity contribution in [1.82, 2.24) is 4.98 Å². The highest BCUT2D eigenvalue weighted by atomic mass is 19.4. The first kappa shape index (κ1) is 23.1. The monoisotopic (exact) mass is 480 g/mol. The van der Waals surface area contributed by atoms with Crippen molar-refractivity contribution in [1.29, 1.82) is 0 Å². The number of nitrogens with zero attached hydrogens (tertiary/aromatic N) is 1. The quantitative estimate of drug-likeness (QED) is 0.327. The standard InChI is InChI=1S/C23H14F6N2O3/c1-33-17-4-2-3-12(9-17)21-31-18-6-5-16(11-19(18)34-21)30-20(32)13-7-14(22(24,25)26)10-15(8-13)23(27,28)29/h2-11H,1H3,(H,30,32). The molecular formula is C23H14F6N2O3. The number of carbonyl (C=O) groups is 1. The van der Waals surface area contributed by atoms with Gasteiger partial charge in [0.15, 0.2) is 5.58 Å². The first-order valence-corrected chi connectivity index (χ1v) is 9.60. The number of alkyl halides is 6. The van der Waals surface area contributed by atoms with Crippen LogP contribution in [0.1, 0.15) is 21.5 Å². The van der Waals surface area contributed by atoms with E-state index in [0.29, 0.717) is 29.0 Å². The molecule has 0 aliphatic rings. The molecular weight excluding hydrogens is 466 g/mol. The van der Waals surface area contributed by atoms with E-state index in [4.69, 9.17) is 9.15 Å². The number of fused-ring (bicyclic) bond motifs is 1. The van der Waals surface area contributed by atoms with Gasteiger partial charge in [0.2, 0.25) is 5.89 Å². The van der Waals surface area contributed by atoms with E-state index in [-0.39, 0.29) is 23.2 Å². The van der Waals surface area contributed by atoms with Crippen LogP contribution in [0.2, 0.25) is 0 Å². The molecule has 0 fully saturated rings. The first-order chi connectivity index (χ1) is 15.9. The van der Waals surface area contributed by atoms with Gasteiger partial charge in [-0.2, -0.15) is 26.3 Å². The Kier molecular flexibility index (Phi) is 5.72. The molecule has 0 aliphatic carbocycles. The largest absolute Gasteiger partial charge is 0.497 e. The van der Waals surface area contributed by atoms with Crippen LogP contribution < -0.4 is 10.1 Å². The van der Waals surface area contributed by atoms with Gasteiger partial charge in [-0.05, 0) is 48.5 Å². The maximum atomic E-state index is 13.1. The van der Waals surface area contributed by atoms with E-state index < -0.39 is 35.0 Å². The van der Waals surface area contributed by atoms with Crippen LogP contribution >= 0.6 is 0 Å². The Morgan fingerprint density at radius 3 is 2.21 bits per heavy atom. The van der Waals surface area contributed by atoms with E-state index in [1.807, 2.05) is 0 Å². The Hall–Kier alpha value is -4.02. The highest BCUT2D eigenvalue weighted by Gasteiger charge is 2.37. The molecule has 5 nitrogen and oxygen atoms in total. The summed E-state index contributed by atoms with van der Waals surface area (Å²) < 4.78 is 89.2. The van der Waals surface area contributed by atoms with Crippen molar-refractivity contribution in [3.8, 4) is 17.2 Å². The summed E-state index contributed by atoms with van der Waals surface area (Å²) in [4.78, 5) is 16.8. The molecule has 0 saturated heterocycles. The topological polar surface area (TPSA) is 64.4 Å². The molecule has 4 rings (SSSR count). The second-order valence-corrected chi connectivity index (χ2v) is 7.18. The van der Waals surface area contributed by atoms with E-state index in [0.717, 1.165) is 0 Å². The second-order valence-electron chi connectivity index (χ2n) is 7.18. The number of nitrogens with one attached hydrogen (secondary N) is 1. The number of amides is 1. The third-order valence-corrected chi connectivity index (χ3v) is 4.81. The van der Waals surface area contributed by atoms with Crippen LogP contribution in [0, 0.1) is 0 Å². The number of hydrogen-bond acceptors (Lipinski definition) is 4. The highest BCUT2D eigenvalue weighted by molar-refractivity contribution is 6.05. The van der Waals surface area contributed by atoms with Gasteiger partial charge in [0.05, 0.1) is 18.2 Å². The number of aromatic nitrogens is 1. The number of halogens is 6. The minimum Gasteiger partial charge on any atom is -0.497 e. The second kappa shape index (κ2) is 8.40. The van der Waals surface area contributed by atoms with Crippen LogP contribution in [0.25, 0.3) is 22.6 Å². The summed E-state index contributed by atoms with van der Waals surface area (Å²) in [5.74, 6) is -0.319. The van der Waals surface area contributed by atoms with Gasteiger partial charge in [-0.15, -0.1) is 0 Å². The Balaban J connectivity index is 1.64. The summed E-state index contributed by atoms with van der Waals surface area (Å²) in [5, 5.41) is 2.29. The lowest BCUT2D eigenvalue weighted by atomic mass is 10.0. The summed E-state index contributed by atoms with van der Waals surface area (Å²) in [6.07, 6.45) is -10.1. The first-order valence-electron chi connectivity index (χ1n) is 9.60. The molecule has 176 valence electrons. The Morgan fingerprint density at radius 2 is 1.59 bits per heavy atom. The fourth-order valence-electron chi connectivity index (χ4n) is 3.17. The number of benzene rings is 3. The number of anilines is 1. The summed E-state index contributed by atoms with van der Waals surface area (Å²) in [5.41, 5.74) is -2.58. The van der Waals surface area contributed by atoms with Gasteiger partial charge in [0.25, 0.3) is 5.91 Å². The average molecular weight is 480 g/mol. The van der Waals surface area contributed by atoms with Crippen LogP contribution in [-0.4, -0.2) is 18.0 Å². The minimum absolute atomic E-state index is 0.0442. The van der Waals surface area contributed by atoms with Crippen LogP contribution in [0.15, 0.2) is 65.1 Å². The predicted molar refractivity (Wildman–Crippen MR) is 110 cm³/mol.